The molecule has 2 aromatic heterocycles. The van der Waals surface area contributed by atoms with Crippen molar-refractivity contribution in [2.24, 2.45) is 0 Å². The first-order chi connectivity index (χ1) is 14.4. The van der Waals surface area contributed by atoms with Gasteiger partial charge in [0.1, 0.15) is 5.75 Å². The summed E-state index contributed by atoms with van der Waals surface area (Å²) in [6.07, 6.45) is -2.88. The molecule has 2 N–H and O–H groups in total. The SMILES string of the molecule is FC(F)(F)c1cccc(Nc2nnc(-c3ccc(Oc4cc(Cl)ccn4)cc3)[nH]2)c1. The van der Waals surface area contributed by atoms with Crippen LogP contribution in [-0.2, 0) is 6.18 Å². The number of pyridine rings is 1. The van der Waals surface area contributed by atoms with Gasteiger partial charge >= 0.3 is 6.18 Å². The average molecular weight is 432 g/mol. The van der Waals surface area contributed by atoms with Crippen molar-refractivity contribution in [3.63, 3.8) is 0 Å². The molecular formula is C20H13ClF3N5O. The van der Waals surface area contributed by atoms with E-state index in [2.05, 4.69) is 25.5 Å². The fraction of sp³-hybridized carbons (Fsp3) is 0.0500. The van der Waals surface area contributed by atoms with Crippen LogP contribution in [-0.4, -0.2) is 20.2 Å². The first-order valence-electron chi connectivity index (χ1n) is 8.64. The van der Waals surface area contributed by atoms with E-state index < -0.39 is 11.7 Å². The van der Waals surface area contributed by atoms with Crippen molar-refractivity contribution < 1.29 is 17.9 Å². The molecule has 0 amide bonds. The van der Waals surface area contributed by atoms with Gasteiger partial charge in [-0.1, -0.05) is 17.7 Å². The summed E-state index contributed by atoms with van der Waals surface area (Å²) in [7, 11) is 0. The highest BCUT2D eigenvalue weighted by Crippen LogP contribution is 2.31. The molecule has 4 aromatic rings. The maximum Gasteiger partial charge on any atom is 0.416 e. The summed E-state index contributed by atoms with van der Waals surface area (Å²) in [5.41, 5.74) is 0.202. The van der Waals surface area contributed by atoms with Crippen LogP contribution >= 0.6 is 11.6 Å². The van der Waals surface area contributed by atoms with Crippen LogP contribution in [0.1, 0.15) is 5.56 Å². The second kappa shape index (κ2) is 8.03. The maximum atomic E-state index is 12.8. The molecule has 0 aliphatic rings. The van der Waals surface area contributed by atoms with Gasteiger partial charge in [0.25, 0.3) is 0 Å². The van der Waals surface area contributed by atoms with Crippen LogP contribution in [0, 0.1) is 0 Å². The Bertz CT molecular complexity index is 1160. The number of halogens is 4. The molecule has 2 heterocycles. The van der Waals surface area contributed by atoms with Crippen LogP contribution in [0.15, 0.2) is 66.9 Å². The van der Waals surface area contributed by atoms with Gasteiger partial charge in [0.05, 0.1) is 5.56 Å². The molecule has 6 nitrogen and oxygen atoms in total. The third-order valence-corrected chi connectivity index (χ3v) is 4.22. The lowest BCUT2D eigenvalue weighted by Crippen LogP contribution is -2.05. The molecule has 152 valence electrons. The number of nitrogens with one attached hydrogen (secondary N) is 2. The molecule has 0 radical (unpaired) electrons. The normalized spacial score (nSPS) is 11.3. The Hall–Kier alpha value is -3.59. The predicted octanol–water partition coefficient (Wildman–Crippen LogP) is 6.07. The van der Waals surface area contributed by atoms with Gasteiger partial charge in [0.15, 0.2) is 5.82 Å². The van der Waals surface area contributed by atoms with Gasteiger partial charge in [-0.05, 0) is 48.5 Å². The van der Waals surface area contributed by atoms with Crippen LogP contribution in [0.3, 0.4) is 0 Å². The van der Waals surface area contributed by atoms with Crippen molar-refractivity contribution in [2.45, 2.75) is 6.18 Å². The van der Waals surface area contributed by atoms with Gasteiger partial charge in [0.2, 0.25) is 11.8 Å². The fourth-order valence-corrected chi connectivity index (χ4v) is 2.75. The highest BCUT2D eigenvalue weighted by molar-refractivity contribution is 6.30. The number of benzene rings is 2. The third kappa shape index (κ3) is 4.69. The van der Waals surface area contributed by atoms with E-state index in [1.54, 1.807) is 42.6 Å². The Balaban J connectivity index is 1.46. The highest BCUT2D eigenvalue weighted by atomic mass is 35.5. The van der Waals surface area contributed by atoms with Crippen LogP contribution < -0.4 is 10.1 Å². The van der Waals surface area contributed by atoms with Gasteiger partial charge in [-0.3, -0.25) is 0 Å². The highest BCUT2D eigenvalue weighted by Gasteiger charge is 2.30. The number of anilines is 2. The van der Waals surface area contributed by atoms with Crippen LogP contribution in [0.4, 0.5) is 24.8 Å². The minimum atomic E-state index is -4.42. The Morgan fingerprint density at radius 2 is 1.77 bits per heavy atom. The number of nitrogens with zero attached hydrogens (tertiary/aromatic N) is 3. The monoisotopic (exact) mass is 431 g/mol. The van der Waals surface area contributed by atoms with Crippen molar-refractivity contribution in [1.82, 2.24) is 20.2 Å². The zero-order valence-corrected chi connectivity index (χ0v) is 15.9. The van der Waals surface area contributed by atoms with Crippen molar-refractivity contribution in [3.8, 4) is 23.0 Å². The number of alkyl halides is 3. The second-order valence-electron chi connectivity index (χ2n) is 6.16. The van der Waals surface area contributed by atoms with E-state index in [-0.39, 0.29) is 11.6 Å². The van der Waals surface area contributed by atoms with Crippen molar-refractivity contribution in [2.75, 3.05) is 5.32 Å². The first-order valence-corrected chi connectivity index (χ1v) is 9.01. The number of hydrogen-bond donors (Lipinski definition) is 2. The summed E-state index contributed by atoms with van der Waals surface area (Å²) < 4.78 is 44.1. The standard InChI is InChI=1S/C20H13ClF3N5O/c21-14-8-9-25-17(11-14)30-16-6-4-12(5-7-16)18-27-19(29-28-18)26-15-3-1-2-13(10-15)20(22,23)24/h1-11H,(H2,26,27,28,29). The number of hydrogen-bond acceptors (Lipinski definition) is 5. The van der Waals surface area contributed by atoms with Gasteiger partial charge < -0.3 is 15.0 Å². The van der Waals surface area contributed by atoms with E-state index >= 15 is 0 Å². The molecule has 4 rings (SSSR count). The first kappa shape index (κ1) is 19.7. The van der Waals surface area contributed by atoms with E-state index in [4.69, 9.17) is 16.3 Å². The zero-order chi connectivity index (χ0) is 21.1. The number of aromatic amines is 1. The van der Waals surface area contributed by atoms with E-state index in [1.807, 2.05) is 0 Å². The molecule has 2 aromatic carbocycles. The predicted molar refractivity (Wildman–Crippen MR) is 106 cm³/mol. The van der Waals surface area contributed by atoms with E-state index in [0.29, 0.717) is 28.0 Å². The Morgan fingerprint density at radius 1 is 0.967 bits per heavy atom. The molecule has 10 heteroatoms. The molecule has 0 atom stereocenters. The lowest BCUT2D eigenvalue weighted by Gasteiger charge is -2.08. The molecule has 0 spiro atoms. The summed E-state index contributed by atoms with van der Waals surface area (Å²) in [5, 5.41) is 11.2. The molecule has 0 saturated heterocycles. The van der Waals surface area contributed by atoms with E-state index in [1.165, 1.54) is 12.1 Å². The topological polar surface area (TPSA) is 75.7 Å². The van der Waals surface area contributed by atoms with Crippen LogP contribution in [0.25, 0.3) is 11.4 Å². The third-order valence-electron chi connectivity index (χ3n) is 3.99. The minimum Gasteiger partial charge on any atom is -0.439 e. The molecule has 0 saturated carbocycles. The summed E-state index contributed by atoms with van der Waals surface area (Å²) in [6, 6.07) is 15.0. The van der Waals surface area contributed by atoms with Gasteiger partial charge in [-0.2, -0.15) is 13.2 Å². The lowest BCUT2D eigenvalue weighted by molar-refractivity contribution is -0.137. The maximum absolute atomic E-state index is 12.8. The summed E-state index contributed by atoms with van der Waals surface area (Å²) in [5.74, 6) is 1.57. The van der Waals surface area contributed by atoms with Gasteiger partial charge in [-0.25, -0.2) is 4.98 Å². The van der Waals surface area contributed by atoms with Crippen molar-refractivity contribution >= 4 is 23.2 Å². The average Bonchev–Trinajstić information content (AvgIpc) is 3.17. The van der Waals surface area contributed by atoms with E-state index in [9.17, 15) is 13.2 Å². The molecule has 0 aliphatic carbocycles. The smallest absolute Gasteiger partial charge is 0.416 e. The zero-order valence-electron chi connectivity index (χ0n) is 15.1. The van der Waals surface area contributed by atoms with Crippen LogP contribution in [0.5, 0.6) is 11.6 Å². The number of H-pyrrole nitrogens is 1. The molecule has 0 fully saturated rings. The number of ether oxygens (including phenoxy) is 1. The van der Waals surface area contributed by atoms with Gasteiger partial charge in [0, 0.05) is 28.5 Å². The summed E-state index contributed by atoms with van der Waals surface area (Å²) in [4.78, 5) is 6.99. The van der Waals surface area contributed by atoms with Crippen LogP contribution in [0.2, 0.25) is 5.02 Å². The lowest BCUT2D eigenvalue weighted by atomic mass is 10.2. The Morgan fingerprint density at radius 3 is 2.50 bits per heavy atom. The Labute approximate surface area is 173 Å². The quantitative estimate of drug-likeness (QED) is 0.401. The number of rotatable bonds is 5. The minimum absolute atomic E-state index is 0.216. The van der Waals surface area contributed by atoms with Crippen molar-refractivity contribution in [3.05, 3.63) is 77.4 Å². The largest absolute Gasteiger partial charge is 0.439 e. The molecule has 30 heavy (non-hydrogen) atoms. The van der Waals surface area contributed by atoms with Gasteiger partial charge in [-0.15, -0.1) is 10.2 Å². The van der Waals surface area contributed by atoms with E-state index in [0.717, 1.165) is 12.1 Å². The second-order valence-corrected chi connectivity index (χ2v) is 6.60. The molecule has 0 aliphatic heterocycles. The molecular weight excluding hydrogens is 419 g/mol. The molecule has 0 bridgehead atoms. The molecule has 0 unspecified atom stereocenters. The summed E-state index contributed by atoms with van der Waals surface area (Å²) >= 11 is 5.91. The fourth-order valence-electron chi connectivity index (χ4n) is 2.60. The number of aromatic nitrogens is 4. The Kier molecular flexibility index (Phi) is 5.28. The summed E-state index contributed by atoms with van der Waals surface area (Å²) in [6.45, 7) is 0. The van der Waals surface area contributed by atoms with Crippen molar-refractivity contribution in [1.29, 1.82) is 0 Å².